The van der Waals surface area contributed by atoms with Crippen molar-refractivity contribution in [1.82, 2.24) is 22.8 Å². The van der Waals surface area contributed by atoms with E-state index in [1.165, 1.54) is 0 Å². The molecule has 0 amide bonds. The molecule has 15 nitrogen and oxygen atoms in total. The third kappa shape index (κ3) is 10.8. The lowest BCUT2D eigenvalue weighted by Gasteiger charge is -2.29. The van der Waals surface area contributed by atoms with Crippen molar-refractivity contribution >= 4 is 47.0 Å². The van der Waals surface area contributed by atoms with Gasteiger partial charge < -0.3 is 44.3 Å². The number of rotatable bonds is 11. The van der Waals surface area contributed by atoms with Crippen LogP contribution in [0.15, 0.2) is 12.2 Å². The van der Waals surface area contributed by atoms with Crippen molar-refractivity contribution in [2.45, 2.75) is 32.4 Å². The Bertz CT molecular complexity index is 1080. The van der Waals surface area contributed by atoms with Gasteiger partial charge in [-0.25, -0.2) is 9.59 Å². The average molecular weight is 602 g/mol. The average Bonchev–Trinajstić information content (AvgIpc) is 3.59. The zero-order chi connectivity index (χ0) is 29.0. The molecule has 2 aromatic heterocycles. The van der Waals surface area contributed by atoms with E-state index in [4.69, 9.17) is 29.2 Å². The molecule has 17 heteroatoms. The third-order valence-electron chi connectivity index (χ3n) is 5.42. The summed E-state index contributed by atoms with van der Waals surface area (Å²) >= 11 is 2.31. The quantitative estimate of drug-likeness (QED) is 0.310. The SMILES string of the molecule is CC(C)(C)NC[C@@H](COc1nsnc1N1CCOCC1)Oc1nsnc1N1CCOCC1.O=C(O)/C=C\C(=O)O. The number of nitrogens with zero attached hydrogens (tertiary/aromatic N) is 6. The Hall–Kier alpha value is -3.12. The minimum absolute atomic E-state index is 0.0594. The lowest BCUT2D eigenvalue weighted by Crippen LogP contribution is -2.45. The molecule has 1 atom stereocenters. The van der Waals surface area contributed by atoms with E-state index in [1.807, 2.05) is 0 Å². The van der Waals surface area contributed by atoms with Crippen LogP contribution in [-0.4, -0.2) is 117 Å². The molecule has 3 N–H and O–H groups in total. The van der Waals surface area contributed by atoms with Crippen molar-refractivity contribution in [1.29, 1.82) is 0 Å². The number of anilines is 2. The van der Waals surface area contributed by atoms with E-state index < -0.39 is 11.9 Å². The summed E-state index contributed by atoms with van der Waals surface area (Å²) in [7, 11) is 0. The van der Waals surface area contributed by atoms with Crippen LogP contribution in [0, 0.1) is 0 Å². The minimum atomic E-state index is -1.26. The molecule has 2 aliphatic heterocycles. The molecule has 2 aliphatic rings. The fourth-order valence-electron chi connectivity index (χ4n) is 3.48. The second-order valence-corrected chi connectivity index (χ2v) is 10.7. The molecule has 4 heterocycles. The van der Waals surface area contributed by atoms with Gasteiger partial charge in [-0.05, 0) is 20.8 Å². The highest BCUT2D eigenvalue weighted by atomic mass is 32.1. The number of hydrogen-bond acceptors (Lipinski definition) is 15. The number of ether oxygens (including phenoxy) is 4. The van der Waals surface area contributed by atoms with Crippen LogP contribution in [0.3, 0.4) is 0 Å². The fourth-order valence-corrected chi connectivity index (χ4v) is 4.51. The van der Waals surface area contributed by atoms with Gasteiger partial charge >= 0.3 is 11.9 Å². The van der Waals surface area contributed by atoms with Crippen molar-refractivity contribution in [3.05, 3.63) is 12.2 Å². The molecule has 2 saturated heterocycles. The van der Waals surface area contributed by atoms with Gasteiger partial charge in [0.25, 0.3) is 11.8 Å². The highest BCUT2D eigenvalue weighted by Gasteiger charge is 2.26. The maximum Gasteiger partial charge on any atom is 0.328 e. The molecule has 0 saturated carbocycles. The summed E-state index contributed by atoms with van der Waals surface area (Å²) in [5.41, 5.74) is -0.0594. The van der Waals surface area contributed by atoms with Crippen LogP contribution in [0.25, 0.3) is 0 Å². The molecule has 0 radical (unpaired) electrons. The van der Waals surface area contributed by atoms with Gasteiger partial charge in [-0.3, -0.25) is 0 Å². The molecule has 0 bridgehead atoms. The van der Waals surface area contributed by atoms with E-state index in [0.29, 0.717) is 63.5 Å². The smallest absolute Gasteiger partial charge is 0.328 e. The molecule has 40 heavy (non-hydrogen) atoms. The Morgan fingerprint density at radius 1 is 0.900 bits per heavy atom. The van der Waals surface area contributed by atoms with Gasteiger partial charge in [0.1, 0.15) is 12.7 Å². The monoisotopic (exact) mass is 601 g/mol. The van der Waals surface area contributed by atoms with E-state index in [-0.39, 0.29) is 11.6 Å². The van der Waals surface area contributed by atoms with E-state index in [0.717, 1.165) is 61.3 Å². The Morgan fingerprint density at radius 2 is 1.38 bits per heavy atom. The topological polar surface area (TPSA) is 182 Å². The minimum Gasteiger partial charge on any atom is -0.478 e. The molecule has 222 valence electrons. The van der Waals surface area contributed by atoms with Crippen LogP contribution < -0.4 is 24.6 Å². The molecule has 4 rings (SSSR count). The molecular formula is C23H35N7O8S2. The molecular weight excluding hydrogens is 566 g/mol. The van der Waals surface area contributed by atoms with Crippen molar-refractivity contribution in [3.8, 4) is 11.8 Å². The lowest BCUT2D eigenvalue weighted by atomic mass is 10.1. The Kier molecular flexibility index (Phi) is 12.3. The Balaban J connectivity index is 0.000000482. The normalized spacial score (nSPS) is 16.8. The van der Waals surface area contributed by atoms with Gasteiger partial charge in [0.05, 0.1) is 49.9 Å². The highest BCUT2D eigenvalue weighted by Crippen LogP contribution is 2.29. The summed E-state index contributed by atoms with van der Waals surface area (Å²) in [5, 5.41) is 19.1. The number of nitrogens with one attached hydrogen (secondary N) is 1. The second-order valence-electron chi connectivity index (χ2n) is 9.68. The lowest BCUT2D eigenvalue weighted by molar-refractivity contribution is -0.134. The number of aromatic nitrogens is 4. The van der Waals surface area contributed by atoms with Crippen LogP contribution >= 0.6 is 23.5 Å². The van der Waals surface area contributed by atoms with E-state index in [9.17, 15) is 9.59 Å². The number of carbonyl (C=O) groups is 2. The first-order valence-electron chi connectivity index (χ1n) is 12.6. The van der Waals surface area contributed by atoms with Crippen LogP contribution in [0.4, 0.5) is 11.6 Å². The largest absolute Gasteiger partial charge is 0.478 e. The number of morpholine rings is 2. The van der Waals surface area contributed by atoms with E-state index in [2.05, 4.69) is 53.4 Å². The van der Waals surface area contributed by atoms with Gasteiger partial charge in [-0.2, -0.15) is 8.75 Å². The maximum absolute atomic E-state index is 9.55. The van der Waals surface area contributed by atoms with Gasteiger partial charge in [-0.1, -0.05) is 0 Å². The van der Waals surface area contributed by atoms with Gasteiger partial charge in [0.15, 0.2) is 0 Å². The number of aliphatic carboxylic acids is 2. The Morgan fingerprint density at radius 3 is 1.85 bits per heavy atom. The second kappa shape index (κ2) is 15.6. The first-order chi connectivity index (χ1) is 19.1. The molecule has 0 aliphatic carbocycles. The summed E-state index contributed by atoms with van der Waals surface area (Å²) in [5.74, 6) is 0.0884. The number of hydrogen-bond donors (Lipinski definition) is 3. The van der Waals surface area contributed by atoms with Gasteiger partial charge in [0, 0.05) is 50.4 Å². The van der Waals surface area contributed by atoms with Crippen molar-refractivity contribution < 1.29 is 38.7 Å². The predicted molar refractivity (Wildman–Crippen MR) is 148 cm³/mol. The summed E-state index contributed by atoms with van der Waals surface area (Å²) in [4.78, 5) is 23.4. The standard InChI is InChI=1S/C19H31N7O4S2.C4H4O4/c1-19(2,3)20-12-14(30-18-16(22-32-24-18)26-6-10-28-11-7-26)13-29-17-15(21-31-23-17)25-4-8-27-9-5-25;5-3(6)1-2-4(7)8/h14,20H,4-13H2,1-3H3;1-2H,(H,5,6)(H,7,8)/b;2-1-/t14-;/m0./s1. The summed E-state index contributed by atoms with van der Waals surface area (Å²) < 4.78 is 41.0. The molecule has 0 unspecified atom stereocenters. The van der Waals surface area contributed by atoms with Crippen LogP contribution in [0.5, 0.6) is 11.8 Å². The first kappa shape index (κ1) is 31.4. The summed E-state index contributed by atoms with van der Waals surface area (Å²) in [6, 6.07) is 0. The van der Waals surface area contributed by atoms with Crippen LogP contribution in [-0.2, 0) is 19.1 Å². The van der Waals surface area contributed by atoms with E-state index >= 15 is 0 Å². The highest BCUT2D eigenvalue weighted by molar-refractivity contribution is 6.99. The molecule has 0 spiro atoms. The predicted octanol–water partition coefficient (Wildman–Crippen LogP) is 0.989. The van der Waals surface area contributed by atoms with Crippen molar-refractivity contribution in [3.63, 3.8) is 0 Å². The van der Waals surface area contributed by atoms with Crippen molar-refractivity contribution in [2.75, 3.05) is 75.6 Å². The van der Waals surface area contributed by atoms with Crippen LogP contribution in [0.1, 0.15) is 20.8 Å². The number of carboxylic acid groups (broad SMARTS) is 2. The number of carboxylic acids is 2. The fraction of sp³-hybridized carbons (Fsp3) is 0.652. The maximum atomic E-state index is 9.55. The van der Waals surface area contributed by atoms with Gasteiger partial charge in [0.2, 0.25) is 11.6 Å². The first-order valence-corrected chi connectivity index (χ1v) is 14.1. The molecule has 2 fully saturated rings. The molecule has 2 aromatic rings. The third-order valence-corrected chi connectivity index (χ3v) is 6.42. The summed E-state index contributed by atoms with van der Waals surface area (Å²) in [6.45, 7) is 13.1. The van der Waals surface area contributed by atoms with Gasteiger partial charge in [-0.15, -0.1) is 8.75 Å². The zero-order valence-electron chi connectivity index (χ0n) is 22.6. The summed E-state index contributed by atoms with van der Waals surface area (Å²) in [6.07, 6.45) is 0.835. The van der Waals surface area contributed by atoms with Crippen molar-refractivity contribution in [2.24, 2.45) is 0 Å². The zero-order valence-corrected chi connectivity index (χ0v) is 24.3. The Labute approximate surface area is 240 Å². The van der Waals surface area contributed by atoms with Crippen LogP contribution in [0.2, 0.25) is 0 Å². The van der Waals surface area contributed by atoms with E-state index in [1.54, 1.807) is 0 Å². The molecule has 0 aromatic carbocycles.